The van der Waals surface area contributed by atoms with Gasteiger partial charge >= 0.3 is 11.9 Å². The monoisotopic (exact) mass is 491 g/mol. The fraction of sp³-hybridized carbons (Fsp3) is 0.222. The molecule has 0 spiro atoms. The quantitative estimate of drug-likeness (QED) is 0.374. The molecule has 0 bridgehead atoms. The minimum absolute atomic E-state index is 0.190. The largest absolute Gasteiger partial charge is 0.478 e. The summed E-state index contributed by atoms with van der Waals surface area (Å²) in [5, 5.41) is 17.9. The van der Waals surface area contributed by atoms with E-state index in [1.165, 1.54) is 61.3 Å². The highest BCUT2D eigenvalue weighted by atomic mass is 35.5. The number of fused-ring (bicyclic) bond motifs is 1. The maximum absolute atomic E-state index is 10.5. The third-order valence-corrected chi connectivity index (χ3v) is 6.19. The van der Waals surface area contributed by atoms with E-state index in [-0.39, 0.29) is 11.1 Å². The second-order valence-electron chi connectivity index (χ2n) is 8.37. The van der Waals surface area contributed by atoms with Crippen LogP contribution in [0.2, 0.25) is 5.02 Å². The van der Waals surface area contributed by atoms with Crippen LogP contribution >= 0.6 is 11.6 Å². The van der Waals surface area contributed by atoms with Crippen molar-refractivity contribution in [2.45, 2.75) is 25.9 Å². The number of hydrogen-bond donors (Lipinski definition) is 2. The summed E-state index contributed by atoms with van der Waals surface area (Å²) in [6.45, 7) is 4.14. The van der Waals surface area contributed by atoms with Gasteiger partial charge in [-0.2, -0.15) is 0 Å². The van der Waals surface area contributed by atoms with Crippen molar-refractivity contribution in [3.63, 3.8) is 0 Å². The van der Waals surface area contributed by atoms with E-state index in [0.29, 0.717) is 0 Å². The zero-order valence-electron chi connectivity index (χ0n) is 19.1. The van der Waals surface area contributed by atoms with Gasteiger partial charge in [-0.25, -0.2) is 14.6 Å². The molecule has 0 unspecified atom stereocenters. The van der Waals surface area contributed by atoms with E-state index in [9.17, 15) is 9.59 Å². The number of nitrogens with zero attached hydrogens (tertiary/aromatic N) is 3. The summed E-state index contributed by atoms with van der Waals surface area (Å²) in [7, 11) is 0. The standard InChI is InChI=1S/C19H20ClN3.C8H6O4/c20-16-9-7-15(8-10-16)13-23-18-6-2-1-5-17(18)21-19(23)14-22-11-3-4-12-22;9-7(10)5-3-1-2-4-6(5)8(11)12/h1-2,5-10H,3-4,11-14H2;1-4H,(H,9,10)(H,11,12). The molecular weight excluding hydrogens is 466 g/mol. The number of carboxylic acid groups (broad SMARTS) is 2. The van der Waals surface area contributed by atoms with Crippen LogP contribution in [0.4, 0.5) is 0 Å². The second kappa shape index (κ2) is 11.2. The molecule has 0 amide bonds. The van der Waals surface area contributed by atoms with Gasteiger partial charge in [0.15, 0.2) is 0 Å². The van der Waals surface area contributed by atoms with Crippen molar-refractivity contribution in [2.75, 3.05) is 13.1 Å². The van der Waals surface area contributed by atoms with Gasteiger partial charge in [-0.3, -0.25) is 4.90 Å². The number of carboxylic acids is 2. The third kappa shape index (κ3) is 6.07. The van der Waals surface area contributed by atoms with Gasteiger partial charge in [-0.05, 0) is 67.9 Å². The summed E-state index contributed by atoms with van der Waals surface area (Å²) in [6.07, 6.45) is 2.61. The van der Waals surface area contributed by atoms with Crippen molar-refractivity contribution < 1.29 is 19.8 Å². The van der Waals surface area contributed by atoms with Crippen LogP contribution in [-0.2, 0) is 13.1 Å². The molecule has 3 aromatic carbocycles. The van der Waals surface area contributed by atoms with E-state index < -0.39 is 11.9 Å². The number of likely N-dealkylation sites (tertiary alicyclic amines) is 1. The minimum atomic E-state index is -1.23. The number of hydrogen-bond acceptors (Lipinski definition) is 4. The number of carbonyl (C=O) groups is 2. The molecule has 8 heteroatoms. The molecule has 1 fully saturated rings. The number of benzene rings is 3. The molecule has 4 aromatic rings. The van der Waals surface area contributed by atoms with E-state index in [0.717, 1.165) is 29.5 Å². The van der Waals surface area contributed by atoms with Crippen LogP contribution in [-0.4, -0.2) is 49.7 Å². The summed E-state index contributed by atoms with van der Waals surface area (Å²) in [5.41, 5.74) is 3.16. The van der Waals surface area contributed by atoms with E-state index in [4.69, 9.17) is 26.8 Å². The van der Waals surface area contributed by atoms with Crippen LogP contribution in [0.25, 0.3) is 11.0 Å². The molecule has 0 aliphatic carbocycles. The van der Waals surface area contributed by atoms with Gasteiger partial charge in [0.1, 0.15) is 5.82 Å². The Hall–Kier alpha value is -3.68. The van der Waals surface area contributed by atoms with Crippen LogP contribution in [0.5, 0.6) is 0 Å². The molecule has 1 aliphatic rings. The van der Waals surface area contributed by atoms with Crippen LogP contribution in [0, 0.1) is 0 Å². The molecule has 0 atom stereocenters. The van der Waals surface area contributed by atoms with Crippen molar-refractivity contribution in [3.8, 4) is 0 Å². The number of halogens is 1. The molecule has 35 heavy (non-hydrogen) atoms. The Morgan fingerprint density at radius 1 is 0.800 bits per heavy atom. The van der Waals surface area contributed by atoms with Crippen LogP contribution in [0.3, 0.4) is 0 Å². The second-order valence-corrected chi connectivity index (χ2v) is 8.80. The molecule has 0 saturated carbocycles. The summed E-state index contributed by atoms with van der Waals surface area (Å²) >= 11 is 6.01. The fourth-order valence-corrected chi connectivity index (χ4v) is 4.32. The van der Waals surface area contributed by atoms with E-state index >= 15 is 0 Å². The Morgan fingerprint density at radius 2 is 1.37 bits per heavy atom. The lowest BCUT2D eigenvalue weighted by atomic mass is 10.1. The van der Waals surface area contributed by atoms with Crippen molar-refractivity contribution in [1.82, 2.24) is 14.5 Å². The van der Waals surface area contributed by atoms with Crippen molar-refractivity contribution in [2.24, 2.45) is 0 Å². The van der Waals surface area contributed by atoms with Crippen LogP contribution in [0.15, 0.2) is 72.8 Å². The fourth-order valence-electron chi connectivity index (χ4n) is 4.19. The SMILES string of the molecule is Clc1ccc(Cn2c(CN3CCCC3)nc3ccccc32)cc1.O=C(O)c1ccccc1C(=O)O. The van der Waals surface area contributed by atoms with Gasteiger partial charge in [0.2, 0.25) is 0 Å². The Kier molecular flexibility index (Phi) is 7.80. The van der Waals surface area contributed by atoms with Gasteiger partial charge in [-0.15, -0.1) is 0 Å². The average molecular weight is 492 g/mol. The topological polar surface area (TPSA) is 95.7 Å². The summed E-state index contributed by atoms with van der Waals surface area (Å²) in [6, 6.07) is 22.0. The van der Waals surface area contributed by atoms with E-state index in [1.54, 1.807) is 0 Å². The van der Waals surface area contributed by atoms with Crippen molar-refractivity contribution >= 4 is 34.6 Å². The van der Waals surface area contributed by atoms with Gasteiger partial charge in [-0.1, -0.05) is 48.0 Å². The molecule has 5 rings (SSSR count). The number of para-hydroxylation sites is 2. The summed E-state index contributed by atoms with van der Waals surface area (Å²) in [4.78, 5) is 28.3. The molecule has 7 nitrogen and oxygen atoms in total. The molecule has 0 radical (unpaired) electrons. The first-order valence-corrected chi connectivity index (χ1v) is 11.8. The molecule has 1 saturated heterocycles. The number of aromatic nitrogens is 2. The van der Waals surface area contributed by atoms with Gasteiger partial charge in [0, 0.05) is 11.6 Å². The van der Waals surface area contributed by atoms with Crippen molar-refractivity contribution in [3.05, 3.63) is 100 Å². The normalized spacial score (nSPS) is 13.4. The van der Waals surface area contributed by atoms with Crippen molar-refractivity contribution in [1.29, 1.82) is 0 Å². The van der Waals surface area contributed by atoms with Gasteiger partial charge in [0.05, 0.1) is 28.7 Å². The molecular formula is C27H26ClN3O4. The number of rotatable bonds is 6. The molecule has 2 N–H and O–H groups in total. The molecule has 180 valence electrons. The molecule has 1 aliphatic heterocycles. The number of aromatic carboxylic acids is 2. The molecule has 1 aromatic heterocycles. The first kappa shape index (κ1) is 24.4. The lowest BCUT2D eigenvalue weighted by Crippen LogP contribution is -2.21. The highest BCUT2D eigenvalue weighted by Crippen LogP contribution is 2.21. The number of imidazole rings is 1. The third-order valence-electron chi connectivity index (χ3n) is 5.94. The van der Waals surface area contributed by atoms with E-state index in [1.807, 2.05) is 12.1 Å². The maximum atomic E-state index is 10.5. The Balaban J connectivity index is 0.000000204. The highest BCUT2D eigenvalue weighted by molar-refractivity contribution is 6.30. The first-order chi connectivity index (χ1) is 16.9. The highest BCUT2D eigenvalue weighted by Gasteiger charge is 2.17. The van der Waals surface area contributed by atoms with E-state index in [2.05, 4.69) is 45.9 Å². The minimum Gasteiger partial charge on any atom is -0.478 e. The Bertz CT molecular complexity index is 1300. The lowest BCUT2D eigenvalue weighted by Gasteiger charge is -2.16. The predicted molar refractivity (Wildman–Crippen MR) is 135 cm³/mol. The molecule has 2 heterocycles. The predicted octanol–water partition coefficient (Wildman–Crippen LogP) is 5.42. The average Bonchev–Trinajstić information content (AvgIpc) is 3.49. The summed E-state index contributed by atoms with van der Waals surface area (Å²) < 4.78 is 2.34. The lowest BCUT2D eigenvalue weighted by molar-refractivity contribution is 0.0651. The Morgan fingerprint density at radius 3 is 1.97 bits per heavy atom. The maximum Gasteiger partial charge on any atom is 0.336 e. The van der Waals surface area contributed by atoms with Gasteiger partial charge in [0.25, 0.3) is 0 Å². The van der Waals surface area contributed by atoms with Crippen LogP contribution in [0.1, 0.15) is 44.9 Å². The van der Waals surface area contributed by atoms with Crippen LogP contribution < -0.4 is 0 Å². The summed E-state index contributed by atoms with van der Waals surface area (Å²) in [5.74, 6) is -1.30. The first-order valence-electron chi connectivity index (χ1n) is 11.4. The smallest absolute Gasteiger partial charge is 0.336 e. The zero-order chi connectivity index (χ0) is 24.8. The Labute approximate surface area is 208 Å². The zero-order valence-corrected chi connectivity index (χ0v) is 19.9. The van der Waals surface area contributed by atoms with Gasteiger partial charge < -0.3 is 14.8 Å².